The van der Waals surface area contributed by atoms with Gasteiger partial charge in [-0.1, -0.05) is 0 Å². The Morgan fingerprint density at radius 3 is 3.22 bits per heavy atom. The molecule has 1 aliphatic rings. The maximum Gasteiger partial charge on any atom is 0.250 e. The van der Waals surface area contributed by atoms with Crippen LogP contribution in [0.5, 0.6) is 0 Å². The monoisotopic (exact) mass is 251 g/mol. The Morgan fingerprint density at radius 2 is 2.50 bits per heavy atom. The van der Waals surface area contributed by atoms with Gasteiger partial charge in [0.15, 0.2) is 6.10 Å². The molecule has 1 aromatic heterocycles. The molecule has 1 aromatic rings. The summed E-state index contributed by atoms with van der Waals surface area (Å²) in [5.74, 6) is 0.609. The van der Waals surface area contributed by atoms with Crippen LogP contribution in [0.1, 0.15) is 5.69 Å². The van der Waals surface area contributed by atoms with Crippen molar-refractivity contribution in [2.45, 2.75) is 12.6 Å². The first-order valence-corrected chi connectivity index (χ1v) is 5.83. The molecule has 1 amide bonds. The van der Waals surface area contributed by atoms with Crippen molar-refractivity contribution < 1.29 is 9.53 Å². The van der Waals surface area contributed by atoms with Crippen LogP contribution in [-0.4, -0.2) is 48.7 Å². The van der Waals surface area contributed by atoms with Gasteiger partial charge in [0.25, 0.3) is 5.91 Å². The van der Waals surface area contributed by atoms with Crippen LogP contribution in [0, 0.1) is 0 Å². The lowest BCUT2D eigenvalue weighted by Gasteiger charge is -2.32. The van der Waals surface area contributed by atoms with Crippen molar-refractivity contribution in [3.05, 3.63) is 18.1 Å². The first-order chi connectivity index (χ1) is 8.74. The number of nitrogens with zero attached hydrogens (tertiary/aromatic N) is 3. The summed E-state index contributed by atoms with van der Waals surface area (Å²) in [7, 11) is 1.60. The van der Waals surface area contributed by atoms with Crippen molar-refractivity contribution >= 4 is 11.7 Å². The number of nitrogens with one attached hydrogen (secondary N) is 1. The fraction of sp³-hybridized carbons (Fsp3) is 0.545. The minimum Gasteiger partial charge on any atom is -0.365 e. The van der Waals surface area contributed by atoms with Crippen molar-refractivity contribution in [2.75, 3.05) is 31.6 Å². The second-order valence-electron chi connectivity index (χ2n) is 3.99. The van der Waals surface area contributed by atoms with Crippen molar-refractivity contribution in [1.29, 1.82) is 0 Å². The molecule has 98 valence electrons. The summed E-state index contributed by atoms with van der Waals surface area (Å²) in [5.41, 5.74) is 6.27. The first-order valence-electron chi connectivity index (χ1n) is 5.83. The Labute approximate surface area is 105 Å². The van der Waals surface area contributed by atoms with E-state index >= 15 is 0 Å². The van der Waals surface area contributed by atoms with E-state index in [0.717, 1.165) is 11.5 Å². The Hall–Kier alpha value is -1.73. The van der Waals surface area contributed by atoms with Gasteiger partial charge in [-0.25, -0.2) is 4.98 Å². The number of hydrogen-bond acceptors (Lipinski definition) is 6. The fourth-order valence-electron chi connectivity index (χ4n) is 1.82. The van der Waals surface area contributed by atoms with E-state index in [9.17, 15) is 4.79 Å². The molecule has 2 rings (SSSR count). The molecule has 1 saturated heterocycles. The van der Waals surface area contributed by atoms with Crippen molar-refractivity contribution in [3.63, 3.8) is 0 Å². The third-order valence-corrected chi connectivity index (χ3v) is 2.81. The molecule has 1 atom stereocenters. The minimum absolute atomic E-state index is 0.123. The number of likely N-dealkylation sites (N-methyl/N-ethyl adjacent to an activating group) is 1. The average Bonchev–Trinajstić information content (AvgIpc) is 2.46. The number of ether oxygens (including phenoxy) is 1. The number of hydrogen-bond donors (Lipinski definition) is 2. The number of anilines is 1. The second kappa shape index (κ2) is 5.74. The smallest absolute Gasteiger partial charge is 0.250 e. The molecule has 2 heterocycles. The number of aromatic nitrogens is 2. The van der Waals surface area contributed by atoms with Crippen molar-refractivity contribution in [2.24, 2.45) is 5.73 Å². The molecule has 7 heteroatoms. The van der Waals surface area contributed by atoms with Gasteiger partial charge in [-0.2, -0.15) is 0 Å². The molecular weight excluding hydrogens is 234 g/mol. The van der Waals surface area contributed by atoms with Gasteiger partial charge in [0.2, 0.25) is 0 Å². The molecule has 0 aromatic carbocycles. The Balaban J connectivity index is 2.10. The van der Waals surface area contributed by atoms with Crippen LogP contribution in [-0.2, 0) is 16.1 Å². The highest BCUT2D eigenvalue weighted by Crippen LogP contribution is 2.14. The number of nitrogens with two attached hydrogens (primary N) is 1. The number of carbonyl (C=O) groups excluding carboxylic acids is 1. The van der Waals surface area contributed by atoms with Crippen LogP contribution in [0.3, 0.4) is 0 Å². The van der Waals surface area contributed by atoms with E-state index < -0.39 is 6.10 Å². The van der Waals surface area contributed by atoms with Crippen molar-refractivity contribution in [3.8, 4) is 0 Å². The highest BCUT2D eigenvalue weighted by atomic mass is 16.5. The lowest BCUT2D eigenvalue weighted by atomic mass is 10.2. The lowest BCUT2D eigenvalue weighted by Crippen LogP contribution is -2.49. The number of morpholine rings is 1. The van der Waals surface area contributed by atoms with Gasteiger partial charge < -0.3 is 20.7 Å². The maximum absolute atomic E-state index is 11.5. The predicted octanol–water partition coefficient (Wildman–Crippen LogP) is -1.11. The molecule has 0 unspecified atom stereocenters. The van der Waals surface area contributed by atoms with Crippen LogP contribution in [0.4, 0.5) is 5.82 Å². The third kappa shape index (κ3) is 2.74. The van der Waals surface area contributed by atoms with Crippen LogP contribution in [0.2, 0.25) is 0 Å². The van der Waals surface area contributed by atoms with Crippen molar-refractivity contribution in [1.82, 2.24) is 15.3 Å². The molecule has 1 aliphatic heterocycles. The molecule has 0 spiro atoms. The quantitative estimate of drug-likeness (QED) is 0.707. The number of carbonyl (C=O) groups is 1. The summed E-state index contributed by atoms with van der Waals surface area (Å²) in [5, 5.41) is 2.58. The first kappa shape index (κ1) is 12.7. The van der Waals surface area contributed by atoms with E-state index in [2.05, 4.69) is 15.3 Å². The van der Waals surface area contributed by atoms with Gasteiger partial charge in [-0.15, -0.1) is 0 Å². The summed E-state index contributed by atoms with van der Waals surface area (Å²) in [6, 6.07) is 0. The average molecular weight is 251 g/mol. The number of amides is 1. The SMILES string of the molecule is CNC(=O)[C@@H]1CN(c2cncc(CN)n2)CCO1. The van der Waals surface area contributed by atoms with E-state index in [1.54, 1.807) is 19.4 Å². The molecule has 1 fully saturated rings. The Morgan fingerprint density at radius 1 is 1.67 bits per heavy atom. The van der Waals surface area contributed by atoms with Crippen LogP contribution < -0.4 is 16.0 Å². The summed E-state index contributed by atoms with van der Waals surface area (Å²) in [4.78, 5) is 22.0. The normalized spacial score (nSPS) is 19.7. The zero-order valence-corrected chi connectivity index (χ0v) is 10.3. The van der Waals surface area contributed by atoms with Gasteiger partial charge in [0, 0.05) is 26.3 Å². The Kier molecular flexibility index (Phi) is 4.06. The third-order valence-electron chi connectivity index (χ3n) is 2.81. The summed E-state index contributed by atoms with van der Waals surface area (Å²) >= 11 is 0. The molecule has 0 saturated carbocycles. The molecule has 18 heavy (non-hydrogen) atoms. The lowest BCUT2D eigenvalue weighted by molar-refractivity contribution is -0.132. The highest BCUT2D eigenvalue weighted by molar-refractivity contribution is 5.81. The molecular formula is C11H17N5O2. The summed E-state index contributed by atoms with van der Waals surface area (Å²) < 4.78 is 5.41. The van der Waals surface area contributed by atoms with E-state index in [-0.39, 0.29) is 5.91 Å². The molecule has 0 aliphatic carbocycles. The molecule has 7 nitrogen and oxygen atoms in total. The van der Waals surface area contributed by atoms with Gasteiger partial charge in [0.05, 0.1) is 25.0 Å². The van der Waals surface area contributed by atoms with Crippen LogP contribution in [0.15, 0.2) is 12.4 Å². The van der Waals surface area contributed by atoms with Gasteiger partial charge >= 0.3 is 0 Å². The largest absolute Gasteiger partial charge is 0.365 e. The van der Waals surface area contributed by atoms with Gasteiger partial charge in [-0.05, 0) is 0 Å². The zero-order chi connectivity index (χ0) is 13.0. The molecule has 0 bridgehead atoms. The summed E-state index contributed by atoms with van der Waals surface area (Å²) in [6.45, 7) is 2.01. The van der Waals surface area contributed by atoms with E-state index in [1.807, 2.05) is 4.90 Å². The van der Waals surface area contributed by atoms with E-state index in [0.29, 0.717) is 26.2 Å². The molecule has 0 radical (unpaired) electrons. The second-order valence-corrected chi connectivity index (χ2v) is 3.99. The standard InChI is InChI=1S/C11H17N5O2/c1-13-11(17)9-7-16(2-3-18-9)10-6-14-5-8(4-12)15-10/h5-6,9H,2-4,7,12H2,1H3,(H,13,17)/t9-/m0/s1. The van der Waals surface area contributed by atoms with Crippen LogP contribution >= 0.6 is 0 Å². The van der Waals surface area contributed by atoms with Crippen LogP contribution in [0.25, 0.3) is 0 Å². The van der Waals surface area contributed by atoms with Gasteiger partial charge in [0.1, 0.15) is 5.82 Å². The zero-order valence-electron chi connectivity index (χ0n) is 10.3. The predicted molar refractivity (Wildman–Crippen MR) is 65.9 cm³/mol. The van der Waals surface area contributed by atoms with E-state index in [4.69, 9.17) is 10.5 Å². The number of rotatable bonds is 3. The summed E-state index contributed by atoms with van der Waals surface area (Å²) in [6.07, 6.45) is 2.85. The molecule has 3 N–H and O–H groups in total. The fourth-order valence-corrected chi connectivity index (χ4v) is 1.82. The highest BCUT2D eigenvalue weighted by Gasteiger charge is 2.26. The topological polar surface area (TPSA) is 93.4 Å². The minimum atomic E-state index is -0.466. The maximum atomic E-state index is 11.5. The van der Waals surface area contributed by atoms with E-state index in [1.165, 1.54) is 0 Å². The Bertz CT molecular complexity index is 426. The van der Waals surface area contributed by atoms with Gasteiger partial charge in [-0.3, -0.25) is 9.78 Å².